The summed E-state index contributed by atoms with van der Waals surface area (Å²) in [4.78, 5) is 10.9. The lowest BCUT2D eigenvalue weighted by molar-refractivity contribution is -0.136. The smallest absolute Gasteiger partial charge is 0.371 e. The monoisotopic (exact) mass is 546 g/mol. The van der Waals surface area contributed by atoms with Gasteiger partial charge in [0.2, 0.25) is 0 Å². The third-order valence-corrected chi connectivity index (χ3v) is 8.50. The highest BCUT2D eigenvalue weighted by molar-refractivity contribution is 5.87. The molecular weight excluding hydrogens is 513 g/mol. The predicted molar refractivity (Wildman–Crippen MR) is 151 cm³/mol. The van der Waals surface area contributed by atoms with Gasteiger partial charge in [-0.2, -0.15) is 13.2 Å². The Morgan fingerprint density at radius 1 is 0.975 bits per heavy atom. The molecule has 40 heavy (non-hydrogen) atoms. The van der Waals surface area contributed by atoms with Crippen LogP contribution in [-0.4, -0.2) is 28.2 Å². The minimum absolute atomic E-state index is 0.0869. The number of pyridine rings is 2. The molecule has 6 rings (SSSR count). The molecule has 3 aromatic heterocycles. The van der Waals surface area contributed by atoms with Crippen molar-refractivity contribution in [3.8, 4) is 11.3 Å². The number of nitrogens with zero attached hydrogens (tertiary/aromatic N) is 4. The number of halogens is 3. The summed E-state index contributed by atoms with van der Waals surface area (Å²) < 4.78 is 47.2. The zero-order valence-electron chi connectivity index (χ0n) is 23.5. The Morgan fingerprint density at radius 2 is 1.65 bits per heavy atom. The van der Waals surface area contributed by atoms with Crippen LogP contribution in [0.3, 0.4) is 0 Å². The van der Waals surface area contributed by atoms with Gasteiger partial charge in [-0.3, -0.25) is 9.97 Å². The summed E-state index contributed by atoms with van der Waals surface area (Å²) in [6.45, 7) is 11.5. The predicted octanol–water partition coefficient (Wildman–Crippen LogP) is 8.43. The fourth-order valence-corrected chi connectivity index (χ4v) is 6.44. The molecular formula is C32H33F3N4O. The summed E-state index contributed by atoms with van der Waals surface area (Å²) >= 11 is 0. The minimum atomic E-state index is -4.42. The highest BCUT2D eigenvalue weighted by Crippen LogP contribution is 2.54. The molecule has 4 heterocycles. The molecule has 1 aromatic carbocycles. The van der Waals surface area contributed by atoms with Crippen molar-refractivity contribution in [3.05, 3.63) is 76.4 Å². The van der Waals surface area contributed by atoms with Gasteiger partial charge in [-0.15, -0.1) is 0 Å². The zero-order valence-corrected chi connectivity index (χ0v) is 23.5. The van der Waals surface area contributed by atoms with Crippen molar-refractivity contribution in [3.63, 3.8) is 0 Å². The minimum Gasteiger partial charge on any atom is -0.371 e. The average Bonchev–Trinajstić information content (AvgIpc) is 3.30. The van der Waals surface area contributed by atoms with E-state index in [4.69, 9.17) is 4.52 Å². The average molecular weight is 547 g/mol. The molecule has 0 amide bonds. The summed E-state index contributed by atoms with van der Waals surface area (Å²) in [5, 5.41) is 4.69. The Morgan fingerprint density at radius 3 is 2.27 bits per heavy atom. The Kier molecular flexibility index (Phi) is 6.28. The molecule has 0 saturated carbocycles. The molecule has 0 bridgehead atoms. The number of hydrogen-bond acceptors (Lipinski definition) is 5. The van der Waals surface area contributed by atoms with Crippen molar-refractivity contribution in [1.29, 1.82) is 0 Å². The molecule has 208 valence electrons. The molecule has 5 nitrogen and oxygen atoms in total. The van der Waals surface area contributed by atoms with Crippen molar-refractivity contribution in [2.45, 2.75) is 66.0 Å². The van der Waals surface area contributed by atoms with Crippen molar-refractivity contribution in [1.82, 2.24) is 15.1 Å². The Bertz CT molecular complexity index is 1620. The molecule has 0 N–H and O–H groups in total. The zero-order chi connectivity index (χ0) is 28.4. The van der Waals surface area contributed by atoms with Gasteiger partial charge < -0.3 is 9.42 Å². The van der Waals surface area contributed by atoms with E-state index in [2.05, 4.69) is 53.8 Å². The molecule has 2 aliphatic rings. The normalized spacial score (nSPS) is 17.0. The number of rotatable bonds is 4. The molecule has 0 unspecified atom stereocenters. The molecule has 1 aliphatic heterocycles. The van der Waals surface area contributed by atoms with Crippen LogP contribution < -0.4 is 4.90 Å². The van der Waals surface area contributed by atoms with Crippen LogP contribution in [0.15, 0.2) is 47.3 Å². The topological polar surface area (TPSA) is 55.1 Å². The lowest BCUT2D eigenvalue weighted by Crippen LogP contribution is -2.42. The second kappa shape index (κ2) is 9.46. The number of fused-ring (bicyclic) bond motifs is 1. The van der Waals surface area contributed by atoms with E-state index in [1.165, 1.54) is 5.57 Å². The molecule has 1 fully saturated rings. The molecule has 1 spiro atoms. The first-order chi connectivity index (χ1) is 19.0. The molecule has 0 atom stereocenters. The number of hydrogen-bond donors (Lipinski definition) is 0. The van der Waals surface area contributed by atoms with Crippen LogP contribution in [0.2, 0.25) is 0 Å². The van der Waals surface area contributed by atoms with Crippen LogP contribution in [0.25, 0.3) is 27.7 Å². The van der Waals surface area contributed by atoms with Crippen LogP contribution in [-0.2, 0) is 6.18 Å². The number of aromatic nitrogens is 3. The van der Waals surface area contributed by atoms with E-state index in [0.29, 0.717) is 11.2 Å². The number of piperidine rings is 1. The van der Waals surface area contributed by atoms with Gasteiger partial charge in [0, 0.05) is 59.3 Å². The van der Waals surface area contributed by atoms with Crippen LogP contribution >= 0.6 is 0 Å². The van der Waals surface area contributed by atoms with Crippen molar-refractivity contribution in [2.75, 3.05) is 18.0 Å². The Balaban J connectivity index is 1.27. The third-order valence-electron chi connectivity index (χ3n) is 8.50. The van der Waals surface area contributed by atoms with Gasteiger partial charge in [-0.05, 0) is 86.4 Å². The quantitative estimate of drug-likeness (QED) is 0.257. The van der Waals surface area contributed by atoms with E-state index >= 15 is 0 Å². The van der Waals surface area contributed by atoms with Crippen LogP contribution in [0.5, 0.6) is 0 Å². The van der Waals surface area contributed by atoms with E-state index in [0.717, 1.165) is 77.8 Å². The van der Waals surface area contributed by atoms with Gasteiger partial charge >= 0.3 is 6.18 Å². The fourth-order valence-electron chi connectivity index (χ4n) is 6.44. The first-order valence-corrected chi connectivity index (χ1v) is 13.8. The van der Waals surface area contributed by atoms with Gasteiger partial charge in [-0.1, -0.05) is 25.1 Å². The van der Waals surface area contributed by atoms with E-state index in [-0.39, 0.29) is 16.7 Å². The summed E-state index contributed by atoms with van der Waals surface area (Å²) in [6.07, 6.45) is 4.53. The number of aryl methyl sites for hydroxylation is 3. The summed E-state index contributed by atoms with van der Waals surface area (Å²) in [5.41, 5.74) is 7.51. The van der Waals surface area contributed by atoms with E-state index < -0.39 is 11.7 Å². The van der Waals surface area contributed by atoms with Gasteiger partial charge in [0.05, 0.1) is 11.1 Å². The maximum Gasteiger partial charge on any atom is 0.417 e. The fraction of sp³-hybridized carbons (Fsp3) is 0.406. The third kappa shape index (κ3) is 4.47. The number of benzene rings is 1. The first-order valence-electron chi connectivity index (χ1n) is 13.8. The first kappa shape index (κ1) is 26.5. The molecule has 1 aliphatic carbocycles. The van der Waals surface area contributed by atoms with Gasteiger partial charge in [-0.25, -0.2) is 0 Å². The van der Waals surface area contributed by atoms with Gasteiger partial charge in [0.1, 0.15) is 11.5 Å². The SMILES string of the molecule is Cc1cc(C(F)(F)F)c2cc(N3CCC4(C=C(c5c(-c6c(C)cncc6C)noc5C(C)C)C4)CC3)ccc2n1. The van der Waals surface area contributed by atoms with Gasteiger partial charge in [0.25, 0.3) is 0 Å². The lowest BCUT2D eigenvalue weighted by Gasteiger charge is -2.47. The van der Waals surface area contributed by atoms with Crippen LogP contribution in [0.4, 0.5) is 18.9 Å². The maximum absolute atomic E-state index is 13.8. The van der Waals surface area contributed by atoms with E-state index in [9.17, 15) is 13.2 Å². The second-order valence-corrected chi connectivity index (χ2v) is 11.8. The highest BCUT2D eigenvalue weighted by atomic mass is 19.4. The molecule has 8 heteroatoms. The van der Waals surface area contributed by atoms with Crippen molar-refractivity contribution >= 4 is 22.2 Å². The molecule has 4 aromatic rings. The van der Waals surface area contributed by atoms with E-state index in [1.807, 2.05) is 18.5 Å². The summed E-state index contributed by atoms with van der Waals surface area (Å²) in [5.74, 6) is 1.11. The Hall–Kier alpha value is -3.68. The van der Waals surface area contributed by atoms with Crippen molar-refractivity contribution in [2.24, 2.45) is 5.41 Å². The van der Waals surface area contributed by atoms with Crippen LogP contribution in [0, 0.1) is 26.2 Å². The largest absolute Gasteiger partial charge is 0.417 e. The Labute approximate surface area is 232 Å². The summed E-state index contributed by atoms with van der Waals surface area (Å²) in [6, 6.07) is 6.40. The van der Waals surface area contributed by atoms with Crippen LogP contribution in [0.1, 0.15) is 72.7 Å². The number of anilines is 1. The number of alkyl halides is 3. The van der Waals surface area contributed by atoms with Gasteiger partial charge in [0.15, 0.2) is 0 Å². The lowest BCUT2D eigenvalue weighted by atomic mass is 9.63. The highest BCUT2D eigenvalue weighted by Gasteiger charge is 2.42. The second-order valence-electron chi connectivity index (χ2n) is 11.8. The molecule has 1 saturated heterocycles. The standard InChI is InChI=1S/C32H33F3N4O/c1-18(2)30-28(29(38-40-30)27-19(3)16-36-17-20(27)4)22-14-31(15-22)8-10-39(11-9-31)23-6-7-26-24(13-23)25(32(33,34)35)12-21(5)37-26/h6-7,12-14,16-18H,8-11,15H2,1-5H3. The number of allylic oxidation sites excluding steroid dienone is 2. The molecule has 0 radical (unpaired) electrons. The van der Waals surface area contributed by atoms with E-state index in [1.54, 1.807) is 19.1 Å². The maximum atomic E-state index is 13.8. The van der Waals surface area contributed by atoms with Crippen molar-refractivity contribution < 1.29 is 17.7 Å². The summed E-state index contributed by atoms with van der Waals surface area (Å²) in [7, 11) is 0.